The first-order valence-electron chi connectivity index (χ1n) is 6.64. The van der Waals surface area contributed by atoms with Crippen LogP contribution in [-0.2, 0) is 11.3 Å². The standard InChI is InChI=1S/C16H13BrN2O3/c1-10-2-4-11(5-3-10)15-19-13(8-21-15)9-22-16(20)14-6-12(17)7-18-14/h2-8,18H,9H2,1H3. The zero-order chi connectivity index (χ0) is 15.5. The van der Waals surface area contributed by atoms with Crippen molar-refractivity contribution in [3.05, 3.63) is 64.2 Å². The topological polar surface area (TPSA) is 68.1 Å². The minimum atomic E-state index is -0.439. The van der Waals surface area contributed by atoms with Crippen LogP contribution in [0.1, 0.15) is 21.7 Å². The molecule has 0 bridgehead atoms. The van der Waals surface area contributed by atoms with Crippen LogP contribution in [0.4, 0.5) is 0 Å². The van der Waals surface area contributed by atoms with Crippen LogP contribution in [0.5, 0.6) is 0 Å². The Morgan fingerprint density at radius 1 is 1.36 bits per heavy atom. The minimum absolute atomic E-state index is 0.0604. The number of carbonyl (C=O) groups excluding carboxylic acids is 1. The van der Waals surface area contributed by atoms with Crippen molar-refractivity contribution in [2.75, 3.05) is 0 Å². The molecule has 0 saturated carbocycles. The van der Waals surface area contributed by atoms with Gasteiger partial charge in [0.2, 0.25) is 5.89 Å². The first kappa shape index (κ1) is 14.6. The van der Waals surface area contributed by atoms with Crippen molar-refractivity contribution in [1.82, 2.24) is 9.97 Å². The maximum atomic E-state index is 11.8. The van der Waals surface area contributed by atoms with Crippen molar-refractivity contribution in [2.24, 2.45) is 0 Å². The Morgan fingerprint density at radius 3 is 2.82 bits per heavy atom. The summed E-state index contributed by atoms with van der Waals surface area (Å²) in [4.78, 5) is 18.9. The lowest BCUT2D eigenvalue weighted by Gasteiger charge is -1.99. The maximum Gasteiger partial charge on any atom is 0.355 e. The summed E-state index contributed by atoms with van der Waals surface area (Å²) in [6.07, 6.45) is 3.16. The summed E-state index contributed by atoms with van der Waals surface area (Å²) in [6, 6.07) is 9.51. The third-order valence-corrected chi connectivity index (χ3v) is 3.53. The largest absolute Gasteiger partial charge is 0.454 e. The van der Waals surface area contributed by atoms with E-state index in [4.69, 9.17) is 9.15 Å². The lowest BCUT2D eigenvalue weighted by molar-refractivity contribution is 0.0461. The van der Waals surface area contributed by atoms with E-state index in [2.05, 4.69) is 25.9 Å². The number of esters is 1. The molecule has 0 unspecified atom stereocenters. The Bertz CT molecular complexity index is 790. The summed E-state index contributed by atoms with van der Waals surface area (Å²) in [5.74, 6) is 0.0688. The zero-order valence-electron chi connectivity index (χ0n) is 11.8. The predicted octanol–water partition coefficient (Wildman–Crippen LogP) is 4.10. The fourth-order valence-corrected chi connectivity index (χ4v) is 2.25. The molecule has 2 aromatic heterocycles. The highest BCUT2D eigenvalue weighted by Crippen LogP contribution is 2.19. The average Bonchev–Trinajstić information content (AvgIpc) is 3.15. The van der Waals surface area contributed by atoms with Crippen molar-refractivity contribution in [3.8, 4) is 11.5 Å². The van der Waals surface area contributed by atoms with Gasteiger partial charge in [0.15, 0.2) is 0 Å². The number of nitrogens with one attached hydrogen (secondary N) is 1. The molecule has 22 heavy (non-hydrogen) atoms. The predicted molar refractivity (Wildman–Crippen MR) is 84.3 cm³/mol. The molecule has 0 saturated heterocycles. The highest BCUT2D eigenvalue weighted by atomic mass is 79.9. The molecule has 3 rings (SSSR count). The van der Waals surface area contributed by atoms with Crippen molar-refractivity contribution in [2.45, 2.75) is 13.5 Å². The van der Waals surface area contributed by atoms with Gasteiger partial charge in [-0.15, -0.1) is 0 Å². The number of oxazole rings is 1. The molecule has 0 spiro atoms. The summed E-state index contributed by atoms with van der Waals surface area (Å²) in [7, 11) is 0. The fraction of sp³-hybridized carbons (Fsp3) is 0.125. The number of aromatic nitrogens is 2. The zero-order valence-corrected chi connectivity index (χ0v) is 13.4. The minimum Gasteiger partial charge on any atom is -0.454 e. The van der Waals surface area contributed by atoms with Crippen LogP contribution in [0.25, 0.3) is 11.5 Å². The Labute approximate surface area is 135 Å². The van der Waals surface area contributed by atoms with Gasteiger partial charge in [-0.2, -0.15) is 0 Å². The number of hydrogen-bond donors (Lipinski definition) is 1. The Morgan fingerprint density at radius 2 is 2.14 bits per heavy atom. The van der Waals surface area contributed by atoms with E-state index in [1.807, 2.05) is 31.2 Å². The number of ether oxygens (including phenoxy) is 1. The number of rotatable bonds is 4. The molecule has 3 aromatic rings. The third kappa shape index (κ3) is 3.28. The van der Waals surface area contributed by atoms with E-state index in [0.29, 0.717) is 17.3 Å². The lowest BCUT2D eigenvalue weighted by Crippen LogP contribution is -2.05. The van der Waals surface area contributed by atoms with E-state index in [1.165, 1.54) is 11.8 Å². The van der Waals surface area contributed by atoms with E-state index in [0.717, 1.165) is 10.0 Å². The molecule has 1 N–H and O–H groups in total. The number of nitrogens with zero attached hydrogens (tertiary/aromatic N) is 1. The molecule has 5 nitrogen and oxygen atoms in total. The quantitative estimate of drug-likeness (QED) is 0.711. The number of hydrogen-bond acceptors (Lipinski definition) is 4. The Kier molecular flexibility index (Phi) is 4.11. The summed E-state index contributed by atoms with van der Waals surface area (Å²) < 4.78 is 11.4. The van der Waals surface area contributed by atoms with Gasteiger partial charge in [0.25, 0.3) is 0 Å². The average molecular weight is 361 g/mol. The second kappa shape index (κ2) is 6.19. The molecule has 112 valence electrons. The molecular weight excluding hydrogens is 348 g/mol. The molecule has 1 aromatic carbocycles. The van der Waals surface area contributed by atoms with Crippen molar-refractivity contribution in [1.29, 1.82) is 0 Å². The van der Waals surface area contributed by atoms with E-state index >= 15 is 0 Å². The number of aromatic amines is 1. The molecule has 0 aliphatic carbocycles. The number of H-pyrrole nitrogens is 1. The van der Waals surface area contributed by atoms with Crippen LogP contribution in [0.15, 0.2) is 51.7 Å². The van der Waals surface area contributed by atoms with Gasteiger partial charge in [-0.1, -0.05) is 17.7 Å². The fourth-order valence-electron chi connectivity index (χ4n) is 1.91. The second-order valence-electron chi connectivity index (χ2n) is 4.82. The van der Waals surface area contributed by atoms with Gasteiger partial charge in [-0.25, -0.2) is 9.78 Å². The summed E-state index contributed by atoms with van der Waals surface area (Å²) in [5.41, 5.74) is 3.00. The first-order valence-corrected chi connectivity index (χ1v) is 7.43. The molecular formula is C16H13BrN2O3. The van der Waals surface area contributed by atoms with E-state index in [1.54, 1.807) is 12.3 Å². The number of halogens is 1. The van der Waals surface area contributed by atoms with Crippen molar-refractivity contribution >= 4 is 21.9 Å². The monoisotopic (exact) mass is 360 g/mol. The van der Waals surface area contributed by atoms with Crippen LogP contribution in [0, 0.1) is 6.92 Å². The smallest absolute Gasteiger partial charge is 0.355 e. The maximum absolute atomic E-state index is 11.8. The molecule has 2 heterocycles. The van der Waals surface area contributed by atoms with Crippen molar-refractivity contribution in [3.63, 3.8) is 0 Å². The van der Waals surface area contributed by atoms with Gasteiger partial charge < -0.3 is 14.1 Å². The van der Waals surface area contributed by atoms with E-state index in [9.17, 15) is 4.79 Å². The molecule has 0 amide bonds. The molecule has 0 fully saturated rings. The first-order chi connectivity index (χ1) is 10.6. The van der Waals surface area contributed by atoms with Crippen LogP contribution in [0.3, 0.4) is 0 Å². The van der Waals surface area contributed by atoms with E-state index < -0.39 is 5.97 Å². The molecule has 0 aliphatic heterocycles. The normalized spacial score (nSPS) is 10.6. The van der Waals surface area contributed by atoms with Crippen molar-refractivity contribution < 1.29 is 13.9 Å². The number of benzene rings is 1. The van der Waals surface area contributed by atoms with Crippen LogP contribution >= 0.6 is 15.9 Å². The van der Waals surface area contributed by atoms with Gasteiger partial charge in [0.05, 0.1) is 0 Å². The van der Waals surface area contributed by atoms with Crippen LogP contribution in [-0.4, -0.2) is 15.9 Å². The van der Waals surface area contributed by atoms with Crippen LogP contribution in [0.2, 0.25) is 0 Å². The van der Waals surface area contributed by atoms with Gasteiger partial charge >= 0.3 is 5.97 Å². The second-order valence-corrected chi connectivity index (χ2v) is 5.73. The van der Waals surface area contributed by atoms with Gasteiger partial charge in [0, 0.05) is 16.2 Å². The Hall–Kier alpha value is -2.34. The highest BCUT2D eigenvalue weighted by molar-refractivity contribution is 9.10. The summed E-state index contributed by atoms with van der Waals surface area (Å²) in [6.45, 7) is 2.08. The number of carbonyl (C=O) groups is 1. The molecule has 6 heteroatoms. The van der Waals surface area contributed by atoms with Gasteiger partial charge in [0.1, 0.15) is 24.3 Å². The third-order valence-electron chi connectivity index (χ3n) is 3.07. The SMILES string of the molecule is Cc1ccc(-c2nc(COC(=O)c3cc(Br)c[nH]3)co2)cc1. The van der Waals surface area contributed by atoms with E-state index in [-0.39, 0.29) is 6.61 Å². The summed E-state index contributed by atoms with van der Waals surface area (Å²) >= 11 is 3.26. The highest BCUT2D eigenvalue weighted by Gasteiger charge is 2.12. The van der Waals surface area contributed by atoms with Crippen LogP contribution < -0.4 is 0 Å². The summed E-state index contributed by atoms with van der Waals surface area (Å²) in [5, 5.41) is 0. The molecule has 0 radical (unpaired) electrons. The van der Waals surface area contributed by atoms with Gasteiger partial charge in [-0.3, -0.25) is 0 Å². The Balaban J connectivity index is 1.64. The van der Waals surface area contributed by atoms with Gasteiger partial charge in [-0.05, 0) is 41.1 Å². The lowest BCUT2D eigenvalue weighted by atomic mass is 10.1. The number of aryl methyl sites for hydroxylation is 1. The molecule has 0 aliphatic rings. The molecule has 0 atom stereocenters.